The van der Waals surface area contributed by atoms with E-state index in [2.05, 4.69) is 86.9 Å². The van der Waals surface area contributed by atoms with Gasteiger partial charge in [0.05, 0.1) is 17.1 Å². The number of rotatable bonds is 5. The molecule has 0 aliphatic rings. The first-order valence-electron chi connectivity index (χ1n) is 11.3. The summed E-state index contributed by atoms with van der Waals surface area (Å²) in [7, 11) is 0. The van der Waals surface area contributed by atoms with Gasteiger partial charge in [-0.3, -0.25) is 4.79 Å². The van der Waals surface area contributed by atoms with Crippen LogP contribution in [0.3, 0.4) is 0 Å². The van der Waals surface area contributed by atoms with Gasteiger partial charge in [0.2, 0.25) is 0 Å². The summed E-state index contributed by atoms with van der Waals surface area (Å²) in [5.74, 6) is 0.636. The quantitative estimate of drug-likeness (QED) is 0.262. The van der Waals surface area contributed by atoms with Crippen molar-refractivity contribution in [3.63, 3.8) is 0 Å². The van der Waals surface area contributed by atoms with Crippen LogP contribution in [0.25, 0.3) is 21.8 Å². The lowest BCUT2D eigenvalue weighted by Crippen LogP contribution is -2.22. The van der Waals surface area contributed by atoms with Gasteiger partial charge >= 0.3 is 0 Å². The molecule has 34 heavy (non-hydrogen) atoms. The fraction of sp³-hybridized carbons (Fsp3) is 0.179. The molecule has 6 heteroatoms. The predicted molar refractivity (Wildman–Crippen MR) is 143 cm³/mol. The predicted octanol–water partition coefficient (Wildman–Crippen LogP) is 6.22. The van der Waals surface area contributed by atoms with Crippen LogP contribution in [0, 0.1) is 13.8 Å². The third-order valence-corrected chi connectivity index (χ3v) is 6.73. The molecule has 0 atom stereocenters. The molecule has 0 saturated heterocycles. The second kappa shape index (κ2) is 9.03. The van der Waals surface area contributed by atoms with E-state index in [4.69, 9.17) is 0 Å². The molecule has 0 amide bonds. The lowest BCUT2D eigenvalue weighted by Gasteiger charge is -2.09. The highest BCUT2D eigenvalue weighted by molar-refractivity contribution is 9.10. The van der Waals surface area contributed by atoms with E-state index in [-0.39, 0.29) is 5.56 Å². The lowest BCUT2D eigenvalue weighted by molar-refractivity contribution is 0.734. The van der Waals surface area contributed by atoms with Crippen molar-refractivity contribution in [2.75, 3.05) is 0 Å². The summed E-state index contributed by atoms with van der Waals surface area (Å²) in [6.07, 6.45) is 2.40. The zero-order chi connectivity index (χ0) is 23.8. The molecular weight excluding hydrogens is 488 g/mol. The van der Waals surface area contributed by atoms with Gasteiger partial charge in [-0.1, -0.05) is 70.9 Å². The van der Waals surface area contributed by atoms with Crippen LogP contribution in [0.1, 0.15) is 35.1 Å². The maximum Gasteiger partial charge on any atom is 0.282 e. The first-order valence-corrected chi connectivity index (χ1v) is 12.1. The molecular formula is C28H25BrN4O. The van der Waals surface area contributed by atoms with Crippen LogP contribution in [-0.2, 0) is 13.0 Å². The first kappa shape index (κ1) is 22.3. The molecule has 5 nitrogen and oxygen atoms in total. The van der Waals surface area contributed by atoms with E-state index in [0.717, 1.165) is 33.2 Å². The Hall–Kier alpha value is -3.51. The van der Waals surface area contributed by atoms with Gasteiger partial charge in [-0.2, -0.15) is 9.78 Å². The molecule has 0 aliphatic heterocycles. The number of nitrogens with zero attached hydrogens (tertiary/aromatic N) is 4. The molecule has 0 unspecified atom stereocenters. The number of para-hydroxylation sites is 1. The van der Waals surface area contributed by atoms with Crippen molar-refractivity contribution in [3.8, 4) is 0 Å². The van der Waals surface area contributed by atoms with E-state index in [0.29, 0.717) is 23.1 Å². The van der Waals surface area contributed by atoms with Gasteiger partial charge in [-0.25, -0.2) is 4.98 Å². The Balaban J connectivity index is 1.64. The van der Waals surface area contributed by atoms with Crippen molar-refractivity contribution in [3.05, 3.63) is 110 Å². The summed E-state index contributed by atoms with van der Waals surface area (Å²) in [5, 5.41) is 6.31. The number of hydrogen-bond acceptors (Lipinski definition) is 3. The molecule has 2 heterocycles. The van der Waals surface area contributed by atoms with E-state index >= 15 is 0 Å². The molecule has 0 spiro atoms. The number of aryl methyl sites for hydroxylation is 2. The van der Waals surface area contributed by atoms with Crippen LogP contribution in [0.5, 0.6) is 0 Å². The maximum absolute atomic E-state index is 13.3. The van der Waals surface area contributed by atoms with Crippen LogP contribution < -0.4 is 5.56 Å². The van der Waals surface area contributed by atoms with Gasteiger partial charge in [-0.05, 0) is 43.7 Å². The number of aromatic nitrogens is 3. The minimum atomic E-state index is -0.166. The molecule has 0 radical (unpaired) electrons. The standard InChI is InChI=1S/C28H25BrN4O/c1-4-27-31-25-14-13-21(29)15-23(25)28(34)33(27)30-16-24-19(3)32(26-8-6-5-7-22(24)26)17-20-11-9-18(2)10-12-20/h5-16H,4,17H2,1-3H3. The van der Waals surface area contributed by atoms with Crippen LogP contribution in [-0.4, -0.2) is 20.4 Å². The summed E-state index contributed by atoms with van der Waals surface area (Å²) in [6.45, 7) is 6.96. The largest absolute Gasteiger partial charge is 0.340 e. The molecule has 0 saturated carbocycles. The number of hydrogen-bond donors (Lipinski definition) is 0. The van der Waals surface area contributed by atoms with Gasteiger partial charge in [0.1, 0.15) is 5.82 Å². The second-order valence-electron chi connectivity index (χ2n) is 8.49. The van der Waals surface area contributed by atoms with E-state index < -0.39 is 0 Å². The summed E-state index contributed by atoms with van der Waals surface area (Å²) in [6, 6.07) is 22.5. The SMILES string of the molecule is CCc1nc2ccc(Br)cc2c(=O)n1N=Cc1c(C)n(Cc2ccc(C)cc2)c2ccccc12. The van der Waals surface area contributed by atoms with Gasteiger partial charge < -0.3 is 4.57 Å². The molecule has 170 valence electrons. The van der Waals surface area contributed by atoms with E-state index in [9.17, 15) is 4.79 Å². The van der Waals surface area contributed by atoms with Crippen LogP contribution in [0.15, 0.2) is 81.1 Å². The Bertz CT molecular complexity index is 1610. The van der Waals surface area contributed by atoms with Crippen LogP contribution >= 0.6 is 15.9 Å². The van der Waals surface area contributed by atoms with Crippen molar-refractivity contribution in [1.82, 2.24) is 14.2 Å². The van der Waals surface area contributed by atoms with Gasteiger partial charge in [-0.15, -0.1) is 0 Å². The number of benzene rings is 3. The highest BCUT2D eigenvalue weighted by atomic mass is 79.9. The molecule has 0 fully saturated rings. The monoisotopic (exact) mass is 512 g/mol. The highest BCUT2D eigenvalue weighted by Crippen LogP contribution is 2.26. The number of halogens is 1. The number of fused-ring (bicyclic) bond motifs is 2. The van der Waals surface area contributed by atoms with Crippen molar-refractivity contribution >= 4 is 44.0 Å². The van der Waals surface area contributed by atoms with E-state index in [1.807, 2.05) is 25.1 Å². The third-order valence-electron chi connectivity index (χ3n) is 6.23. The maximum atomic E-state index is 13.3. The fourth-order valence-electron chi connectivity index (χ4n) is 4.36. The van der Waals surface area contributed by atoms with Crippen LogP contribution in [0.2, 0.25) is 0 Å². The molecule has 5 aromatic rings. The zero-order valence-electron chi connectivity index (χ0n) is 19.4. The summed E-state index contributed by atoms with van der Waals surface area (Å²) >= 11 is 3.46. The minimum absolute atomic E-state index is 0.166. The minimum Gasteiger partial charge on any atom is -0.340 e. The second-order valence-corrected chi connectivity index (χ2v) is 9.41. The van der Waals surface area contributed by atoms with Crippen LogP contribution in [0.4, 0.5) is 0 Å². The van der Waals surface area contributed by atoms with Gasteiger partial charge in [0.25, 0.3) is 5.56 Å². The Morgan fingerprint density at radius 2 is 1.76 bits per heavy atom. The summed E-state index contributed by atoms with van der Waals surface area (Å²) in [5.41, 5.74) is 6.26. The Morgan fingerprint density at radius 1 is 1.00 bits per heavy atom. The smallest absolute Gasteiger partial charge is 0.282 e. The van der Waals surface area contributed by atoms with Crippen molar-refractivity contribution in [1.29, 1.82) is 0 Å². The van der Waals surface area contributed by atoms with E-state index in [1.54, 1.807) is 12.3 Å². The normalized spacial score (nSPS) is 11.8. The van der Waals surface area contributed by atoms with E-state index in [1.165, 1.54) is 15.8 Å². The van der Waals surface area contributed by atoms with Crippen molar-refractivity contribution in [2.45, 2.75) is 33.7 Å². The average molecular weight is 513 g/mol. The molecule has 3 aromatic carbocycles. The Morgan fingerprint density at radius 3 is 2.53 bits per heavy atom. The summed E-state index contributed by atoms with van der Waals surface area (Å²) in [4.78, 5) is 18.0. The first-order chi connectivity index (χ1) is 16.5. The molecule has 2 aromatic heterocycles. The van der Waals surface area contributed by atoms with Gasteiger partial charge in [0.15, 0.2) is 0 Å². The fourth-order valence-corrected chi connectivity index (χ4v) is 4.72. The molecule has 0 bridgehead atoms. The topological polar surface area (TPSA) is 52.2 Å². The third kappa shape index (κ3) is 3.99. The molecule has 0 N–H and O–H groups in total. The highest BCUT2D eigenvalue weighted by Gasteiger charge is 2.14. The zero-order valence-corrected chi connectivity index (χ0v) is 21.0. The van der Waals surface area contributed by atoms with Crippen molar-refractivity contribution in [2.24, 2.45) is 5.10 Å². The van der Waals surface area contributed by atoms with Gasteiger partial charge in [0, 0.05) is 39.6 Å². The van der Waals surface area contributed by atoms with Crippen molar-refractivity contribution < 1.29 is 0 Å². The molecule has 0 aliphatic carbocycles. The lowest BCUT2D eigenvalue weighted by atomic mass is 10.1. The summed E-state index contributed by atoms with van der Waals surface area (Å²) < 4.78 is 4.58. The average Bonchev–Trinajstić information content (AvgIpc) is 3.11. The Kier molecular flexibility index (Phi) is 5.92. The Labute approximate surface area is 206 Å². The molecule has 5 rings (SSSR count).